The van der Waals surface area contributed by atoms with Crippen molar-refractivity contribution in [1.82, 2.24) is 14.8 Å². The fourth-order valence-corrected chi connectivity index (χ4v) is 4.53. The Morgan fingerprint density at radius 3 is 2.74 bits per heavy atom. The van der Waals surface area contributed by atoms with Gasteiger partial charge in [0, 0.05) is 43.0 Å². The molecule has 0 aliphatic carbocycles. The average Bonchev–Trinajstić information content (AvgIpc) is 3.06. The molecule has 27 heavy (non-hydrogen) atoms. The zero-order chi connectivity index (χ0) is 18.7. The Morgan fingerprint density at radius 2 is 1.93 bits per heavy atom. The van der Waals surface area contributed by atoms with Gasteiger partial charge in [0.1, 0.15) is 0 Å². The van der Waals surface area contributed by atoms with Crippen LogP contribution in [0.5, 0.6) is 0 Å². The van der Waals surface area contributed by atoms with E-state index in [1.54, 1.807) is 0 Å². The number of para-hydroxylation sites is 1. The summed E-state index contributed by atoms with van der Waals surface area (Å²) >= 11 is 0. The minimum absolute atomic E-state index is 0.0237. The first-order valence-electron chi connectivity index (χ1n) is 9.88. The quantitative estimate of drug-likeness (QED) is 0.898. The lowest BCUT2D eigenvalue weighted by Gasteiger charge is -2.40. The number of piperidine rings is 1. The molecular weight excluding hydrogens is 336 g/mol. The number of benzene rings is 1. The van der Waals surface area contributed by atoms with Crippen LogP contribution in [-0.2, 0) is 6.54 Å². The van der Waals surface area contributed by atoms with E-state index in [1.807, 2.05) is 48.2 Å². The fraction of sp³-hybridized carbons (Fsp3) is 0.455. The molecular formula is C22H28N4O. The van der Waals surface area contributed by atoms with Gasteiger partial charge in [0.05, 0.1) is 5.69 Å². The first-order valence-corrected chi connectivity index (χ1v) is 9.88. The molecule has 0 radical (unpaired) electrons. The second-order valence-electron chi connectivity index (χ2n) is 8.05. The Morgan fingerprint density at radius 1 is 1.07 bits per heavy atom. The fourth-order valence-electron chi connectivity index (χ4n) is 4.53. The van der Waals surface area contributed by atoms with Crippen molar-refractivity contribution in [3.63, 3.8) is 0 Å². The zero-order valence-electron chi connectivity index (χ0n) is 16.0. The smallest absolute Gasteiger partial charge is 0.321 e. The van der Waals surface area contributed by atoms with Gasteiger partial charge in [-0.1, -0.05) is 24.3 Å². The normalized spacial score (nSPS) is 22.9. The van der Waals surface area contributed by atoms with E-state index in [2.05, 4.69) is 27.3 Å². The van der Waals surface area contributed by atoms with Crippen molar-refractivity contribution in [2.75, 3.05) is 31.5 Å². The van der Waals surface area contributed by atoms with Gasteiger partial charge in [0.25, 0.3) is 0 Å². The van der Waals surface area contributed by atoms with Crippen LogP contribution in [0.3, 0.4) is 0 Å². The minimum Gasteiger partial charge on any atom is -0.324 e. The summed E-state index contributed by atoms with van der Waals surface area (Å²) in [5.41, 5.74) is 3.31. The van der Waals surface area contributed by atoms with E-state index in [4.69, 9.17) is 0 Å². The molecule has 5 heteroatoms. The Kier molecular flexibility index (Phi) is 5.12. The van der Waals surface area contributed by atoms with Gasteiger partial charge < -0.3 is 10.2 Å². The second kappa shape index (κ2) is 7.69. The number of nitrogens with zero attached hydrogens (tertiary/aromatic N) is 3. The maximum Gasteiger partial charge on any atom is 0.321 e. The molecule has 1 atom stereocenters. The standard InChI is InChI=1S/C22H28N4O/c1-18-7-5-10-20(23-18)15-25-13-6-11-22(16-25)12-14-26(17-22)21(27)24-19-8-3-2-4-9-19/h2-5,7-10H,6,11-17H2,1H3,(H,24,27). The van der Waals surface area contributed by atoms with Gasteiger partial charge in [-0.3, -0.25) is 9.88 Å². The molecule has 2 saturated heterocycles. The van der Waals surface area contributed by atoms with Gasteiger partial charge >= 0.3 is 6.03 Å². The topological polar surface area (TPSA) is 48.5 Å². The van der Waals surface area contributed by atoms with E-state index in [1.165, 1.54) is 12.8 Å². The van der Waals surface area contributed by atoms with Crippen molar-refractivity contribution in [2.24, 2.45) is 5.41 Å². The van der Waals surface area contributed by atoms with Gasteiger partial charge in [-0.2, -0.15) is 0 Å². The largest absolute Gasteiger partial charge is 0.324 e. The predicted octanol–water partition coefficient (Wildman–Crippen LogP) is 3.91. The first kappa shape index (κ1) is 18.0. The van der Waals surface area contributed by atoms with Gasteiger partial charge in [-0.05, 0) is 57.0 Å². The van der Waals surface area contributed by atoms with Crippen LogP contribution in [0.1, 0.15) is 30.7 Å². The molecule has 2 aliphatic rings. The number of urea groups is 1. The molecule has 2 aromatic rings. The molecule has 2 fully saturated rings. The lowest BCUT2D eigenvalue weighted by molar-refractivity contribution is 0.0896. The van der Waals surface area contributed by atoms with Crippen molar-refractivity contribution >= 4 is 11.7 Å². The lowest BCUT2D eigenvalue weighted by Crippen LogP contribution is -2.45. The van der Waals surface area contributed by atoms with Crippen molar-refractivity contribution in [3.05, 3.63) is 59.9 Å². The Labute approximate surface area is 161 Å². The Balaban J connectivity index is 1.37. The van der Waals surface area contributed by atoms with Crippen LogP contribution in [0.15, 0.2) is 48.5 Å². The monoisotopic (exact) mass is 364 g/mol. The number of hydrogen-bond acceptors (Lipinski definition) is 3. The van der Waals surface area contributed by atoms with Crippen LogP contribution < -0.4 is 5.32 Å². The highest BCUT2D eigenvalue weighted by molar-refractivity contribution is 5.89. The van der Waals surface area contributed by atoms with E-state index in [9.17, 15) is 4.79 Å². The number of amides is 2. The van der Waals surface area contributed by atoms with E-state index in [0.717, 1.165) is 56.2 Å². The predicted molar refractivity (Wildman–Crippen MR) is 108 cm³/mol. The summed E-state index contributed by atoms with van der Waals surface area (Å²) < 4.78 is 0. The third-order valence-electron chi connectivity index (χ3n) is 5.82. The highest BCUT2D eigenvalue weighted by Gasteiger charge is 2.42. The summed E-state index contributed by atoms with van der Waals surface area (Å²) in [4.78, 5) is 21.8. The number of aromatic nitrogens is 1. The molecule has 0 bridgehead atoms. The average molecular weight is 364 g/mol. The number of anilines is 1. The molecule has 2 aliphatic heterocycles. The first-order chi connectivity index (χ1) is 13.1. The van der Waals surface area contributed by atoms with Gasteiger partial charge in [-0.25, -0.2) is 4.79 Å². The molecule has 1 N–H and O–H groups in total. The van der Waals surface area contributed by atoms with Crippen LogP contribution in [0.4, 0.5) is 10.5 Å². The summed E-state index contributed by atoms with van der Waals surface area (Å²) in [6.45, 7) is 6.81. The van der Waals surface area contributed by atoms with Gasteiger partial charge in [0.2, 0.25) is 0 Å². The number of aryl methyl sites for hydroxylation is 1. The molecule has 142 valence electrons. The third-order valence-corrected chi connectivity index (χ3v) is 5.82. The number of hydrogen-bond donors (Lipinski definition) is 1. The molecule has 5 nitrogen and oxygen atoms in total. The summed E-state index contributed by atoms with van der Waals surface area (Å²) in [5, 5.41) is 3.03. The highest BCUT2D eigenvalue weighted by atomic mass is 16.2. The van der Waals surface area contributed by atoms with E-state index in [-0.39, 0.29) is 11.4 Å². The highest BCUT2D eigenvalue weighted by Crippen LogP contribution is 2.39. The van der Waals surface area contributed by atoms with Crippen LogP contribution in [0.2, 0.25) is 0 Å². The Bertz CT molecular complexity index is 794. The molecule has 1 aromatic heterocycles. The van der Waals surface area contributed by atoms with Crippen molar-refractivity contribution in [2.45, 2.75) is 32.7 Å². The molecule has 4 rings (SSSR count). The summed E-state index contributed by atoms with van der Waals surface area (Å²) in [5.74, 6) is 0. The number of rotatable bonds is 3. The number of nitrogens with one attached hydrogen (secondary N) is 1. The van der Waals surface area contributed by atoms with Crippen molar-refractivity contribution < 1.29 is 4.79 Å². The maximum atomic E-state index is 12.6. The van der Waals surface area contributed by atoms with Crippen LogP contribution in [0.25, 0.3) is 0 Å². The van der Waals surface area contributed by atoms with Crippen molar-refractivity contribution in [1.29, 1.82) is 0 Å². The molecule has 3 heterocycles. The molecule has 1 aromatic carbocycles. The van der Waals surface area contributed by atoms with Crippen LogP contribution >= 0.6 is 0 Å². The summed E-state index contributed by atoms with van der Waals surface area (Å²) in [6.07, 6.45) is 3.49. The number of pyridine rings is 1. The third kappa shape index (κ3) is 4.30. The zero-order valence-corrected chi connectivity index (χ0v) is 16.0. The molecule has 2 amide bonds. The SMILES string of the molecule is Cc1cccc(CN2CCCC3(CCN(C(=O)Nc4ccccc4)C3)C2)n1. The molecule has 1 unspecified atom stereocenters. The van der Waals surface area contributed by atoms with Crippen LogP contribution in [0, 0.1) is 12.3 Å². The molecule has 1 spiro atoms. The maximum absolute atomic E-state index is 12.6. The van der Waals surface area contributed by atoms with E-state index < -0.39 is 0 Å². The number of likely N-dealkylation sites (tertiary alicyclic amines) is 2. The Hall–Kier alpha value is -2.40. The second-order valence-corrected chi connectivity index (χ2v) is 8.05. The molecule has 0 saturated carbocycles. The van der Waals surface area contributed by atoms with Gasteiger partial charge in [-0.15, -0.1) is 0 Å². The van der Waals surface area contributed by atoms with Crippen molar-refractivity contribution in [3.8, 4) is 0 Å². The minimum atomic E-state index is 0.0237. The number of carbonyl (C=O) groups is 1. The summed E-state index contributed by atoms with van der Waals surface area (Å²) in [7, 11) is 0. The van der Waals surface area contributed by atoms with Gasteiger partial charge in [0.15, 0.2) is 0 Å². The summed E-state index contributed by atoms with van der Waals surface area (Å²) in [6, 6.07) is 16.0. The van der Waals surface area contributed by atoms with Crippen LogP contribution in [-0.4, -0.2) is 47.0 Å². The number of carbonyl (C=O) groups excluding carboxylic acids is 1. The lowest BCUT2D eigenvalue weighted by atomic mass is 9.79. The van der Waals surface area contributed by atoms with E-state index in [0.29, 0.717) is 0 Å². The van der Waals surface area contributed by atoms with E-state index >= 15 is 0 Å².